The van der Waals surface area contributed by atoms with E-state index in [1.807, 2.05) is 88.4 Å². The third kappa shape index (κ3) is 8.95. The highest BCUT2D eigenvalue weighted by atomic mass is 32.2. The monoisotopic (exact) mass is 563 g/mol. The summed E-state index contributed by atoms with van der Waals surface area (Å²) in [6.07, 6.45) is 3.15. The van der Waals surface area contributed by atoms with Gasteiger partial charge in [0.25, 0.3) is 0 Å². The Labute approximate surface area is 239 Å². The fraction of sp³-hybridized carbons (Fsp3) is 0.375. The van der Waals surface area contributed by atoms with Crippen LogP contribution in [0, 0.1) is 20.8 Å². The molecule has 214 valence electrons. The number of unbranched alkanes of at least 4 members (excludes halogenated alkanes) is 1. The zero-order valence-electron chi connectivity index (χ0n) is 24.2. The van der Waals surface area contributed by atoms with E-state index in [0.717, 1.165) is 51.2 Å². The van der Waals surface area contributed by atoms with Gasteiger partial charge >= 0.3 is 0 Å². The van der Waals surface area contributed by atoms with Crippen LogP contribution >= 0.6 is 0 Å². The summed E-state index contributed by atoms with van der Waals surface area (Å²) in [5.41, 5.74) is 5.06. The molecule has 0 saturated carbocycles. The van der Waals surface area contributed by atoms with Crippen molar-refractivity contribution in [3.63, 3.8) is 0 Å². The van der Waals surface area contributed by atoms with Gasteiger partial charge in [-0.05, 0) is 61.6 Å². The van der Waals surface area contributed by atoms with Gasteiger partial charge < -0.3 is 10.2 Å². The van der Waals surface area contributed by atoms with Crippen molar-refractivity contribution in [2.45, 2.75) is 59.5 Å². The Bertz CT molecular complexity index is 1370. The smallest absolute Gasteiger partial charge is 0.244 e. The Kier molecular flexibility index (Phi) is 10.9. The molecule has 2 amide bonds. The van der Waals surface area contributed by atoms with Crippen molar-refractivity contribution in [2.75, 3.05) is 23.7 Å². The number of anilines is 1. The molecule has 1 atom stereocenters. The summed E-state index contributed by atoms with van der Waals surface area (Å²) in [5.74, 6) is -0.702. The first-order valence-electron chi connectivity index (χ1n) is 13.7. The number of benzene rings is 3. The van der Waals surface area contributed by atoms with E-state index in [1.165, 1.54) is 4.90 Å². The van der Waals surface area contributed by atoms with E-state index in [9.17, 15) is 18.0 Å². The Morgan fingerprint density at radius 1 is 0.850 bits per heavy atom. The highest BCUT2D eigenvalue weighted by Gasteiger charge is 2.33. The van der Waals surface area contributed by atoms with E-state index >= 15 is 0 Å². The number of sulfonamides is 1. The van der Waals surface area contributed by atoms with Gasteiger partial charge in [-0.3, -0.25) is 13.9 Å². The maximum absolute atomic E-state index is 14.1. The summed E-state index contributed by atoms with van der Waals surface area (Å²) < 4.78 is 27.0. The number of carbonyl (C=O) groups is 2. The van der Waals surface area contributed by atoms with Crippen LogP contribution in [0.15, 0.2) is 72.8 Å². The summed E-state index contributed by atoms with van der Waals surface area (Å²) in [5, 5.41) is 3.00. The Balaban J connectivity index is 2.04. The zero-order chi connectivity index (χ0) is 29.3. The molecule has 3 rings (SSSR count). The number of hydrogen-bond acceptors (Lipinski definition) is 4. The summed E-state index contributed by atoms with van der Waals surface area (Å²) in [4.78, 5) is 29.3. The first-order valence-corrected chi connectivity index (χ1v) is 15.6. The van der Waals surface area contributed by atoms with Crippen LogP contribution in [0.5, 0.6) is 0 Å². The van der Waals surface area contributed by atoms with E-state index in [1.54, 1.807) is 12.1 Å². The molecule has 0 aliphatic carbocycles. The minimum absolute atomic E-state index is 0.169. The molecule has 0 radical (unpaired) electrons. The number of rotatable bonds is 13. The molecule has 3 aromatic carbocycles. The molecule has 0 fully saturated rings. The summed E-state index contributed by atoms with van der Waals surface area (Å²) in [7, 11) is -3.80. The van der Waals surface area contributed by atoms with Gasteiger partial charge in [0, 0.05) is 19.5 Å². The van der Waals surface area contributed by atoms with E-state index in [4.69, 9.17) is 0 Å². The molecule has 1 unspecified atom stereocenters. The van der Waals surface area contributed by atoms with Crippen LogP contribution in [0.2, 0.25) is 0 Å². The van der Waals surface area contributed by atoms with Crippen LogP contribution in [0.25, 0.3) is 0 Å². The second kappa shape index (κ2) is 14.1. The summed E-state index contributed by atoms with van der Waals surface area (Å²) in [6, 6.07) is 22.0. The molecule has 0 saturated heterocycles. The van der Waals surface area contributed by atoms with Crippen LogP contribution in [-0.2, 0) is 32.6 Å². The molecule has 0 spiro atoms. The zero-order valence-corrected chi connectivity index (χ0v) is 25.0. The van der Waals surface area contributed by atoms with Crippen molar-refractivity contribution >= 4 is 27.5 Å². The number of nitrogens with zero attached hydrogens (tertiary/aromatic N) is 2. The highest BCUT2D eigenvalue weighted by molar-refractivity contribution is 7.92. The lowest BCUT2D eigenvalue weighted by Crippen LogP contribution is -2.53. The molecule has 0 heterocycles. The largest absolute Gasteiger partial charge is 0.354 e. The quantitative estimate of drug-likeness (QED) is 0.299. The van der Waals surface area contributed by atoms with Gasteiger partial charge in [0.05, 0.1) is 11.9 Å². The molecule has 8 heteroatoms. The highest BCUT2D eigenvalue weighted by Crippen LogP contribution is 2.23. The predicted molar refractivity (Wildman–Crippen MR) is 162 cm³/mol. The number of nitrogens with one attached hydrogen (secondary N) is 1. The number of hydrogen-bond donors (Lipinski definition) is 1. The number of carbonyl (C=O) groups excluding carboxylic acids is 2. The lowest BCUT2D eigenvalue weighted by atomic mass is 10.0. The van der Waals surface area contributed by atoms with Crippen molar-refractivity contribution in [2.24, 2.45) is 0 Å². The van der Waals surface area contributed by atoms with Crippen molar-refractivity contribution in [1.29, 1.82) is 0 Å². The molecular formula is C32H41N3O4S. The number of aryl methyl sites for hydroxylation is 3. The van der Waals surface area contributed by atoms with Gasteiger partial charge in [-0.15, -0.1) is 0 Å². The van der Waals surface area contributed by atoms with Gasteiger partial charge in [-0.2, -0.15) is 0 Å². The molecule has 0 aliphatic heterocycles. The van der Waals surface area contributed by atoms with Crippen molar-refractivity contribution in [3.05, 3.63) is 101 Å². The topological polar surface area (TPSA) is 86.8 Å². The van der Waals surface area contributed by atoms with Gasteiger partial charge in [-0.1, -0.05) is 79.6 Å². The first-order chi connectivity index (χ1) is 19.0. The van der Waals surface area contributed by atoms with Crippen LogP contribution in [-0.4, -0.2) is 50.5 Å². The molecule has 0 aromatic heterocycles. The van der Waals surface area contributed by atoms with Crippen LogP contribution in [0.4, 0.5) is 5.69 Å². The SMILES string of the molecule is CCCCNC(=O)C(Cc1ccccc1)N(Cc1ccc(C)cc1)C(=O)CN(c1cc(C)cc(C)c1)S(C)(=O)=O. The molecule has 1 N–H and O–H groups in total. The van der Waals surface area contributed by atoms with E-state index in [-0.39, 0.29) is 12.5 Å². The molecule has 3 aromatic rings. The van der Waals surface area contributed by atoms with Crippen molar-refractivity contribution in [1.82, 2.24) is 10.2 Å². The van der Waals surface area contributed by atoms with Gasteiger partial charge in [-0.25, -0.2) is 8.42 Å². The Morgan fingerprint density at radius 2 is 1.48 bits per heavy atom. The molecule has 0 aliphatic rings. The maximum Gasteiger partial charge on any atom is 0.244 e. The Morgan fingerprint density at radius 3 is 2.05 bits per heavy atom. The molecular weight excluding hydrogens is 522 g/mol. The third-order valence-corrected chi connectivity index (χ3v) is 7.89. The van der Waals surface area contributed by atoms with E-state index in [0.29, 0.717) is 18.7 Å². The van der Waals surface area contributed by atoms with Crippen molar-refractivity contribution in [3.8, 4) is 0 Å². The average Bonchev–Trinajstić information content (AvgIpc) is 2.89. The lowest BCUT2D eigenvalue weighted by molar-refractivity contribution is -0.140. The van der Waals surface area contributed by atoms with Crippen molar-refractivity contribution < 1.29 is 18.0 Å². The normalized spacial score (nSPS) is 12.0. The second-order valence-corrected chi connectivity index (χ2v) is 12.4. The minimum Gasteiger partial charge on any atom is -0.354 e. The van der Waals surface area contributed by atoms with Crippen LogP contribution in [0.1, 0.15) is 47.6 Å². The van der Waals surface area contributed by atoms with Crippen LogP contribution in [0.3, 0.4) is 0 Å². The van der Waals surface area contributed by atoms with Gasteiger partial charge in [0.2, 0.25) is 21.8 Å². The lowest BCUT2D eigenvalue weighted by Gasteiger charge is -2.33. The van der Waals surface area contributed by atoms with E-state index in [2.05, 4.69) is 5.32 Å². The summed E-state index contributed by atoms with van der Waals surface area (Å²) >= 11 is 0. The second-order valence-electron chi connectivity index (χ2n) is 10.5. The van der Waals surface area contributed by atoms with Gasteiger partial charge in [0.15, 0.2) is 0 Å². The van der Waals surface area contributed by atoms with Gasteiger partial charge in [0.1, 0.15) is 12.6 Å². The molecule has 40 heavy (non-hydrogen) atoms. The number of amides is 2. The van der Waals surface area contributed by atoms with E-state index < -0.39 is 28.5 Å². The molecule has 7 nitrogen and oxygen atoms in total. The summed E-state index contributed by atoms with van der Waals surface area (Å²) in [6.45, 7) is 8.07. The fourth-order valence-electron chi connectivity index (χ4n) is 4.66. The maximum atomic E-state index is 14.1. The predicted octanol–water partition coefficient (Wildman–Crippen LogP) is 4.93. The average molecular weight is 564 g/mol. The minimum atomic E-state index is -3.80. The Hall–Kier alpha value is -3.65. The first kappa shape index (κ1) is 30.9. The molecule has 0 bridgehead atoms. The fourth-order valence-corrected chi connectivity index (χ4v) is 5.49. The standard InChI is InChI=1S/C32H41N3O4S/c1-6-7-17-33-32(37)30(21-27-11-9-8-10-12-27)34(22-28-15-13-24(2)14-16-28)31(36)23-35(40(5,38)39)29-19-25(3)18-26(4)20-29/h8-16,18-20,30H,6-7,17,21-23H2,1-5H3,(H,33,37). The third-order valence-electron chi connectivity index (χ3n) is 6.75. The van der Waals surface area contributed by atoms with Crippen LogP contribution < -0.4 is 9.62 Å².